The number of alkyl halides is 1. The molecule has 0 unspecified atom stereocenters. The van der Waals surface area contributed by atoms with Gasteiger partial charge in [-0.3, -0.25) is 4.57 Å². The smallest absolute Gasteiger partial charge is 0.163 e. The molecule has 0 aliphatic rings. The zero-order valence-electron chi connectivity index (χ0n) is 12.2. The second-order valence-electron chi connectivity index (χ2n) is 4.98. The van der Waals surface area contributed by atoms with Crippen LogP contribution in [0, 0.1) is 12.7 Å². The number of benzene rings is 1. The Morgan fingerprint density at radius 3 is 2.76 bits per heavy atom. The number of nitrogens with zero attached hydrogens (tertiary/aromatic N) is 4. The van der Waals surface area contributed by atoms with Crippen LogP contribution in [0.2, 0.25) is 0 Å². The summed E-state index contributed by atoms with van der Waals surface area (Å²) < 4.78 is 17.6. The fourth-order valence-corrected chi connectivity index (χ4v) is 2.82. The number of hydrogen-bond donors (Lipinski definition) is 0. The molecule has 0 saturated carbocycles. The summed E-state index contributed by atoms with van der Waals surface area (Å²) in [6.45, 7) is 3.79. The quantitative estimate of drug-likeness (QED) is 0.694. The molecule has 0 aliphatic heterocycles. The van der Waals surface area contributed by atoms with Crippen molar-refractivity contribution in [3.63, 3.8) is 0 Å². The van der Waals surface area contributed by atoms with E-state index in [0.717, 1.165) is 29.0 Å². The van der Waals surface area contributed by atoms with Gasteiger partial charge in [0.25, 0.3) is 0 Å². The standard InChI is InChI=1S/C15H16ClFN4/c1-4-11-14-15(20(3)19-11)21(13(8-16)18-14)12-7-5-6-10(17)9(12)2/h5-7H,4,8H2,1-3H3. The van der Waals surface area contributed by atoms with Crippen molar-refractivity contribution in [2.45, 2.75) is 26.1 Å². The number of aromatic nitrogens is 4. The molecule has 0 bridgehead atoms. The van der Waals surface area contributed by atoms with Crippen molar-refractivity contribution in [1.82, 2.24) is 19.3 Å². The Labute approximate surface area is 127 Å². The minimum absolute atomic E-state index is 0.243. The lowest BCUT2D eigenvalue weighted by atomic mass is 10.2. The third-order valence-electron chi connectivity index (χ3n) is 3.71. The van der Waals surface area contributed by atoms with Crippen molar-refractivity contribution < 1.29 is 4.39 Å². The molecule has 0 spiro atoms. The van der Waals surface area contributed by atoms with E-state index in [-0.39, 0.29) is 11.7 Å². The van der Waals surface area contributed by atoms with E-state index in [9.17, 15) is 4.39 Å². The average Bonchev–Trinajstić information content (AvgIpc) is 2.99. The summed E-state index contributed by atoms with van der Waals surface area (Å²) in [5.41, 5.74) is 3.92. The van der Waals surface area contributed by atoms with Crippen molar-refractivity contribution >= 4 is 22.8 Å². The Bertz CT molecular complexity index is 819. The molecule has 0 atom stereocenters. The van der Waals surface area contributed by atoms with Gasteiger partial charge in [-0.15, -0.1) is 11.6 Å². The van der Waals surface area contributed by atoms with Crippen molar-refractivity contribution in [3.8, 4) is 5.69 Å². The van der Waals surface area contributed by atoms with E-state index in [1.807, 2.05) is 24.6 Å². The summed E-state index contributed by atoms with van der Waals surface area (Å²) in [6.07, 6.45) is 0.790. The lowest BCUT2D eigenvalue weighted by molar-refractivity contribution is 0.616. The van der Waals surface area contributed by atoms with Gasteiger partial charge in [0.1, 0.15) is 17.2 Å². The highest BCUT2D eigenvalue weighted by Gasteiger charge is 2.20. The maximum absolute atomic E-state index is 13.9. The first-order valence-corrected chi connectivity index (χ1v) is 7.36. The lowest BCUT2D eigenvalue weighted by Gasteiger charge is -2.11. The molecule has 2 aromatic heterocycles. The second kappa shape index (κ2) is 5.15. The highest BCUT2D eigenvalue weighted by Crippen LogP contribution is 2.27. The van der Waals surface area contributed by atoms with Crippen molar-refractivity contribution in [1.29, 1.82) is 0 Å². The molecule has 21 heavy (non-hydrogen) atoms. The topological polar surface area (TPSA) is 35.6 Å². The molecule has 110 valence electrons. The summed E-state index contributed by atoms with van der Waals surface area (Å²) in [4.78, 5) is 4.60. The van der Waals surface area contributed by atoms with E-state index in [2.05, 4.69) is 10.1 Å². The first-order chi connectivity index (χ1) is 10.1. The van der Waals surface area contributed by atoms with Crippen LogP contribution < -0.4 is 0 Å². The summed E-state index contributed by atoms with van der Waals surface area (Å²) in [5, 5.41) is 4.48. The van der Waals surface area contributed by atoms with E-state index < -0.39 is 0 Å². The number of fused-ring (bicyclic) bond motifs is 1. The largest absolute Gasteiger partial charge is 0.280 e. The molecule has 0 radical (unpaired) electrons. The average molecular weight is 307 g/mol. The van der Waals surface area contributed by atoms with E-state index in [1.54, 1.807) is 17.7 Å². The molecule has 0 amide bonds. The van der Waals surface area contributed by atoms with Crippen molar-refractivity contribution in [3.05, 3.63) is 41.1 Å². The van der Waals surface area contributed by atoms with Crippen LogP contribution in [0.5, 0.6) is 0 Å². The number of imidazole rings is 1. The molecule has 1 aromatic carbocycles. The highest BCUT2D eigenvalue weighted by atomic mass is 35.5. The van der Waals surface area contributed by atoms with E-state index in [4.69, 9.17) is 11.6 Å². The predicted molar refractivity (Wildman–Crippen MR) is 81.5 cm³/mol. The van der Waals surface area contributed by atoms with Gasteiger partial charge in [-0.1, -0.05) is 13.0 Å². The Morgan fingerprint density at radius 1 is 1.33 bits per heavy atom. The molecule has 3 aromatic rings. The van der Waals surface area contributed by atoms with E-state index in [1.165, 1.54) is 6.07 Å². The lowest BCUT2D eigenvalue weighted by Crippen LogP contribution is -2.06. The Hall–Kier alpha value is -1.88. The van der Waals surface area contributed by atoms with Crippen LogP contribution >= 0.6 is 11.6 Å². The normalized spacial score (nSPS) is 11.5. The molecule has 6 heteroatoms. The van der Waals surface area contributed by atoms with Gasteiger partial charge in [-0.25, -0.2) is 14.1 Å². The van der Waals surface area contributed by atoms with Crippen LogP contribution in [0.4, 0.5) is 4.39 Å². The van der Waals surface area contributed by atoms with Crippen LogP contribution in [0.1, 0.15) is 24.0 Å². The Morgan fingerprint density at radius 2 is 2.10 bits per heavy atom. The second-order valence-corrected chi connectivity index (χ2v) is 5.24. The van der Waals surface area contributed by atoms with Crippen LogP contribution in [0.25, 0.3) is 16.9 Å². The Balaban J connectivity index is 2.40. The SMILES string of the molecule is CCc1nn(C)c2c1nc(CCl)n2-c1cccc(F)c1C. The van der Waals surface area contributed by atoms with Crippen LogP contribution in [-0.4, -0.2) is 19.3 Å². The molecule has 0 saturated heterocycles. The van der Waals surface area contributed by atoms with Gasteiger partial charge in [0.15, 0.2) is 5.65 Å². The highest BCUT2D eigenvalue weighted by molar-refractivity contribution is 6.17. The first kappa shape index (κ1) is 14.1. The van der Waals surface area contributed by atoms with Gasteiger partial charge in [0.2, 0.25) is 0 Å². The minimum Gasteiger partial charge on any atom is -0.280 e. The van der Waals surface area contributed by atoms with Gasteiger partial charge in [-0.05, 0) is 25.5 Å². The molecule has 0 N–H and O–H groups in total. The monoisotopic (exact) mass is 306 g/mol. The predicted octanol–water partition coefficient (Wildman–Crippen LogP) is 3.51. The number of aryl methyl sites for hydroxylation is 2. The maximum Gasteiger partial charge on any atom is 0.163 e. The zero-order chi connectivity index (χ0) is 15.1. The fraction of sp³-hybridized carbons (Fsp3) is 0.333. The summed E-state index contributed by atoms with van der Waals surface area (Å²) in [5.74, 6) is 0.712. The summed E-state index contributed by atoms with van der Waals surface area (Å²) in [6, 6.07) is 5.01. The van der Waals surface area contributed by atoms with Crippen LogP contribution in [0.15, 0.2) is 18.2 Å². The third kappa shape index (κ3) is 2.03. The Kier molecular flexibility index (Phi) is 3.45. The molecular weight excluding hydrogens is 291 g/mol. The number of rotatable bonds is 3. The number of hydrogen-bond acceptors (Lipinski definition) is 2. The molecule has 0 fully saturated rings. The van der Waals surface area contributed by atoms with Gasteiger partial charge >= 0.3 is 0 Å². The summed E-state index contributed by atoms with van der Waals surface area (Å²) >= 11 is 6.04. The molecular formula is C15H16ClFN4. The molecule has 3 rings (SSSR count). The third-order valence-corrected chi connectivity index (χ3v) is 3.95. The maximum atomic E-state index is 13.9. The summed E-state index contributed by atoms with van der Waals surface area (Å²) in [7, 11) is 1.87. The minimum atomic E-state index is -0.243. The van der Waals surface area contributed by atoms with Gasteiger partial charge in [0, 0.05) is 12.6 Å². The molecule has 4 nitrogen and oxygen atoms in total. The number of halogens is 2. The van der Waals surface area contributed by atoms with Crippen molar-refractivity contribution in [2.75, 3.05) is 0 Å². The van der Waals surface area contributed by atoms with Crippen LogP contribution in [0.3, 0.4) is 0 Å². The van der Waals surface area contributed by atoms with Gasteiger partial charge in [0.05, 0.1) is 17.3 Å². The first-order valence-electron chi connectivity index (χ1n) is 6.83. The zero-order valence-corrected chi connectivity index (χ0v) is 12.9. The molecule has 0 aliphatic carbocycles. The van der Waals surface area contributed by atoms with Gasteiger partial charge < -0.3 is 0 Å². The molecule has 2 heterocycles. The fourth-order valence-electron chi connectivity index (χ4n) is 2.64. The van der Waals surface area contributed by atoms with Crippen LogP contribution in [-0.2, 0) is 19.3 Å². The van der Waals surface area contributed by atoms with Crippen molar-refractivity contribution in [2.24, 2.45) is 7.05 Å². The van der Waals surface area contributed by atoms with Gasteiger partial charge in [-0.2, -0.15) is 5.10 Å². The van der Waals surface area contributed by atoms with E-state index in [0.29, 0.717) is 11.4 Å². The van der Waals surface area contributed by atoms with E-state index >= 15 is 0 Å².